The van der Waals surface area contributed by atoms with Crippen molar-refractivity contribution in [3.8, 4) is 0 Å². The first-order valence-corrected chi connectivity index (χ1v) is 10.5. The van der Waals surface area contributed by atoms with Gasteiger partial charge in [-0.25, -0.2) is 4.39 Å². The normalized spacial score (nSPS) is 10.6. The van der Waals surface area contributed by atoms with Crippen LogP contribution >= 0.6 is 23.4 Å². The number of nitrogens with zero attached hydrogens (tertiary/aromatic N) is 3. The Hall–Kier alpha value is -2.91. The minimum Gasteiger partial charge on any atom is -0.326 e. The molecule has 0 saturated heterocycles. The van der Waals surface area contributed by atoms with Crippen LogP contribution in [0.4, 0.5) is 15.8 Å². The van der Waals surface area contributed by atoms with Crippen LogP contribution in [0.5, 0.6) is 0 Å². The second kappa shape index (κ2) is 10.2. The summed E-state index contributed by atoms with van der Waals surface area (Å²) in [5.74, 6) is -0.586. The van der Waals surface area contributed by atoms with Gasteiger partial charge in [0.15, 0.2) is 5.16 Å². The molecule has 0 atom stereocenters. The van der Waals surface area contributed by atoms with E-state index in [1.165, 1.54) is 23.9 Å². The van der Waals surface area contributed by atoms with Gasteiger partial charge in [0.1, 0.15) is 11.6 Å². The SMILES string of the molecule is CCn1c(CC(=O)Nc2ccc(Cl)cc2)nnc1SCC(=O)Nc1ccccc1F. The number of hydrogen-bond acceptors (Lipinski definition) is 5. The van der Waals surface area contributed by atoms with Gasteiger partial charge in [-0.3, -0.25) is 9.59 Å². The summed E-state index contributed by atoms with van der Waals surface area (Å²) in [7, 11) is 0. The lowest BCUT2D eigenvalue weighted by atomic mass is 10.3. The second-order valence-corrected chi connectivity index (χ2v) is 7.57. The molecule has 0 aliphatic carbocycles. The topological polar surface area (TPSA) is 88.9 Å². The van der Waals surface area contributed by atoms with Crippen molar-refractivity contribution in [3.05, 3.63) is 65.2 Å². The lowest BCUT2D eigenvalue weighted by molar-refractivity contribution is -0.116. The average molecular weight is 448 g/mol. The monoisotopic (exact) mass is 447 g/mol. The van der Waals surface area contributed by atoms with Crippen molar-refractivity contribution < 1.29 is 14.0 Å². The molecule has 30 heavy (non-hydrogen) atoms. The van der Waals surface area contributed by atoms with Crippen LogP contribution in [-0.2, 0) is 22.6 Å². The van der Waals surface area contributed by atoms with E-state index in [0.717, 1.165) is 0 Å². The minimum atomic E-state index is -0.499. The summed E-state index contributed by atoms with van der Waals surface area (Å²) in [4.78, 5) is 24.4. The summed E-state index contributed by atoms with van der Waals surface area (Å²) < 4.78 is 15.4. The van der Waals surface area contributed by atoms with Gasteiger partial charge < -0.3 is 15.2 Å². The molecule has 3 aromatic rings. The van der Waals surface area contributed by atoms with Gasteiger partial charge in [0.2, 0.25) is 11.8 Å². The van der Waals surface area contributed by atoms with Crippen molar-refractivity contribution in [2.45, 2.75) is 25.0 Å². The Labute approximate surface area is 182 Å². The smallest absolute Gasteiger partial charge is 0.234 e. The Kier molecular flexibility index (Phi) is 7.42. The molecule has 7 nitrogen and oxygen atoms in total. The first-order valence-electron chi connectivity index (χ1n) is 9.11. The Balaban J connectivity index is 1.58. The molecule has 1 heterocycles. The molecule has 0 unspecified atom stereocenters. The second-order valence-electron chi connectivity index (χ2n) is 6.19. The highest BCUT2D eigenvalue weighted by atomic mass is 35.5. The van der Waals surface area contributed by atoms with E-state index in [0.29, 0.717) is 28.2 Å². The van der Waals surface area contributed by atoms with E-state index in [4.69, 9.17) is 11.6 Å². The summed E-state index contributed by atoms with van der Waals surface area (Å²) in [5.41, 5.74) is 0.756. The zero-order valence-electron chi connectivity index (χ0n) is 16.1. The quantitative estimate of drug-likeness (QED) is 0.509. The van der Waals surface area contributed by atoms with Gasteiger partial charge in [-0.05, 0) is 43.3 Å². The zero-order valence-corrected chi connectivity index (χ0v) is 17.6. The maximum atomic E-state index is 13.6. The largest absolute Gasteiger partial charge is 0.326 e. The predicted molar refractivity (Wildman–Crippen MR) is 115 cm³/mol. The molecule has 10 heteroatoms. The van der Waals surface area contributed by atoms with E-state index < -0.39 is 5.82 Å². The highest BCUT2D eigenvalue weighted by Crippen LogP contribution is 2.19. The van der Waals surface area contributed by atoms with Crippen LogP contribution in [0.15, 0.2) is 53.7 Å². The number of nitrogens with one attached hydrogen (secondary N) is 2. The summed E-state index contributed by atoms with van der Waals surface area (Å²) in [5, 5.41) is 14.5. The number of amides is 2. The molecule has 0 bridgehead atoms. The maximum Gasteiger partial charge on any atom is 0.234 e. The van der Waals surface area contributed by atoms with Crippen molar-refractivity contribution in [3.63, 3.8) is 0 Å². The minimum absolute atomic E-state index is 0.0312. The Morgan fingerprint density at radius 1 is 1.07 bits per heavy atom. The molecule has 2 N–H and O–H groups in total. The van der Waals surface area contributed by atoms with Crippen molar-refractivity contribution in [1.29, 1.82) is 0 Å². The van der Waals surface area contributed by atoms with Gasteiger partial charge in [-0.15, -0.1) is 10.2 Å². The molecule has 3 rings (SSSR count). The Morgan fingerprint density at radius 2 is 1.80 bits per heavy atom. The third-order valence-corrected chi connectivity index (χ3v) is 5.26. The van der Waals surface area contributed by atoms with Gasteiger partial charge in [0, 0.05) is 17.3 Å². The number of benzene rings is 2. The van der Waals surface area contributed by atoms with Gasteiger partial charge in [0.25, 0.3) is 0 Å². The number of hydrogen-bond donors (Lipinski definition) is 2. The average Bonchev–Trinajstić information content (AvgIpc) is 3.11. The fourth-order valence-electron chi connectivity index (χ4n) is 2.64. The molecule has 0 fully saturated rings. The molecule has 2 aromatic carbocycles. The fourth-order valence-corrected chi connectivity index (χ4v) is 3.58. The third kappa shape index (κ3) is 5.80. The third-order valence-electron chi connectivity index (χ3n) is 4.04. The lowest BCUT2D eigenvalue weighted by Gasteiger charge is -2.09. The number of rotatable bonds is 8. The van der Waals surface area contributed by atoms with Crippen molar-refractivity contribution in [2.75, 3.05) is 16.4 Å². The van der Waals surface area contributed by atoms with E-state index in [-0.39, 0.29) is 29.7 Å². The van der Waals surface area contributed by atoms with Crippen LogP contribution in [0.1, 0.15) is 12.7 Å². The first-order chi connectivity index (χ1) is 14.5. The molecule has 0 aliphatic heterocycles. The Bertz CT molecular complexity index is 1040. The lowest BCUT2D eigenvalue weighted by Crippen LogP contribution is -2.18. The number of thioether (sulfide) groups is 1. The number of anilines is 2. The van der Waals surface area contributed by atoms with Crippen LogP contribution in [0, 0.1) is 5.82 Å². The first kappa shape index (κ1) is 21.8. The van der Waals surface area contributed by atoms with Crippen LogP contribution < -0.4 is 10.6 Å². The van der Waals surface area contributed by atoms with E-state index >= 15 is 0 Å². The molecule has 156 valence electrons. The maximum absolute atomic E-state index is 13.6. The van der Waals surface area contributed by atoms with Gasteiger partial charge in [-0.1, -0.05) is 35.5 Å². The van der Waals surface area contributed by atoms with Crippen LogP contribution in [0.3, 0.4) is 0 Å². The number of para-hydroxylation sites is 1. The highest BCUT2D eigenvalue weighted by molar-refractivity contribution is 7.99. The van der Waals surface area contributed by atoms with Gasteiger partial charge >= 0.3 is 0 Å². The molecular formula is C20H19ClFN5O2S. The summed E-state index contributed by atoms with van der Waals surface area (Å²) >= 11 is 7.01. The molecular weight excluding hydrogens is 429 g/mol. The fraction of sp³-hybridized carbons (Fsp3) is 0.200. The van der Waals surface area contributed by atoms with Gasteiger partial charge in [0.05, 0.1) is 17.9 Å². The van der Waals surface area contributed by atoms with Crippen molar-refractivity contribution in [1.82, 2.24) is 14.8 Å². The molecule has 0 radical (unpaired) electrons. The molecule has 0 spiro atoms. The summed E-state index contributed by atoms with van der Waals surface area (Å²) in [6.07, 6.45) is 0.0332. The predicted octanol–water partition coefficient (Wildman–Crippen LogP) is 4.00. The van der Waals surface area contributed by atoms with Crippen LogP contribution in [0.25, 0.3) is 0 Å². The highest BCUT2D eigenvalue weighted by Gasteiger charge is 2.16. The molecule has 0 aliphatic rings. The van der Waals surface area contributed by atoms with Crippen LogP contribution in [-0.4, -0.2) is 32.3 Å². The standard InChI is InChI=1S/C20H19ClFN5O2S/c1-2-27-17(11-18(28)23-14-9-7-13(21)8-10-14)25-26-20(27)30-12-19(29)24-16-6-4-3-5-15(16)22/h3-10H,2,11-12H2,1H3,(H,23,28)(H,24,29). The zero-order chi connectivity index (χ0) is 21.5. The van der Waals surface area contributed by atoms with Crippen LogP contribution in [0.2, 0.25) is 5.02 Å². The van der Waals surface area contributed by atoms with Crippen molar-refractivity contribution >= 4 is 46.6 Å². The molecule has 2 amide bonds. The number of carbonyl (C=O) groups excluding carboxylic acids is 2. The number of aromatic nitrogens is 3. The molecule has 0 saturated carbocycles. The van der Waals surface area contributed by atoms with Gasteiger partial charge in [-0.2, -0.15) is 0 Å². The van der Waals surface area contributed by atoms with E-state index in [9.17, 15) is 14.0 Å². The number of carbonyl (C=O) groups is 2. The van der Waals surface area contributed by atoms with E-state index in [2.05, 4.69) is 20.8 Å². The summed E-state index contributed by atoms with van der Waals surface area (Å²) in [6.45, 7) is 2.43. The van der Waals surface area contributed by atoms with Crippen molar-refractivity contribution in [2.24, 2.45) is 0 Å². The molecule has 1 aromatic heterocycles. The summed E-state index contributed by atoms with van der Waals surface area (Å²) in [6, 6.07) is 12.7. The number of halogens is 2. The van der Waals surface area contributed by atoms with E-state index in [1.807, 2.05) is 6.92 Å². The Morgan fingerprint density at radius 3 is 2.50 bits per heavy atom. The van der Waals surface area contributed by atoms with E-state index in [1.54, 1.807) is 41.0 Å².